The van der Waals surface area contributed by atoms with E-state index in [1.165, 1.54) is 28.7 Å². The van der Waals surface area contributed by atoms with Crippen molar-refractivity contribution in [3.63, 3.8) is 0 Å². The molecule has 0 aromatic heterocycles. The minimum atomic E-state index is -0.191. The Bertz CT molecular complexity index is 1040. The average Bonchev–Trinajstić information content (AvgIpc) is 3.23. The molecule has 1 amide bonds. The summed E-state index contributed by atoms with van der Waals surface area (Å²) in [5.74, 6) is 0.0479. The van der Waals surface area contributed by atoms with E-state index in [9.17, 15) is 9.59 Å². The van der Waals surface area contributed by atoms with Gasteiger partial charge in [-0.1, -0.05) is 29.8 Å². The van der Waals surface area contributed by atoms with Crippen molar-refractivity contribution in [2.24, 2.45) is 0 Å². The number of rotatable bonds is 6. The maximum absolute atomic E-state index is 12.9. The molecule has 2 aliphatic rings. The molecule has 0 radical (unpaired) electrons. The van der Waals surface area contributed by atoms with Crippen LogP contribution in [0.5, 0.6) is 0 Å². The smallest absolute Gasteiger partial charge is 0.310 e. The summed E-state index contributed by atoms with van der Waals surface area (Å²) in [5.41, 5.74) is 9.49. The van der Waals surface area contributed by atoms with Gasteiger partial charge in [0.2, 0.25) is 5.91 Å². The number of carbonyl (C=O) groups is 2. The maximum atomic E-state index is 12.9. The predicted molar refractivity (Wildman–Crippen MR) is 131 cm³/mol. The zero-order valence-corrected chi connectivity index (χ0v) is 20.5. The minimum absolute atomic E-state index is 0.191. The fourth-order valence-electron chi connectivity index (χ4n) is 5.37. The number of nitrogens with zero attached hydrogens (tertiary/aromatic N) is 2. The largest absolute Gasteiger partial charge is 0.466 e. The molecule has 33 heavy (non-hydrogen) atoms. The molecule has 1 fully saturated rings. The van der Waals surface area contributed by atoms with Gasteiger partial charge in [-0.25, -0.2) is 0 Å². The SMILES string of the molecule is CCOC(=O)Cc1c(C)c2c(c(C)c1-c1ccc(C)cc1)CN(CC(=O)N1CCCCC1)C2. The van der Waals surface area contributed by atoms with Crippen LogP contribution in [-0.4, -0.2) is 47.9 Å². The third-order valence-electron chi connectivity index (χ3n) is 7.20. The molecule has 0 N–H and O–H groups in total. The van der Waals surface area contributed by atoms with Crippen LogP contribution in [0.3, 0.4) is 0 Å². The summed E-state index contributed by atoms with van der Waals surface area (Å²) in [4.78, 5) is 29.7. The lowest BCUT2D eigenvalue weighted by molar-refractivity contribution is -0.142. The third-order valence-corrected chi connectivity index (χ3v) is 7.20. The molecule has 0 saturated carbocycles. The Morgan fingerprint density at radius 2 is 1.55 bits per heavy atom. The lowest BCUT2D eigenvalue weighted by atomic mass is 9.84. The van der Waals surface area contributed by atoms with E-state index in [2.05, 4.69) is 49.9 Å². The summed E-state index contributed by atoms with van der Waals surface area (Å²) in [6.45, 7) is 12.4. The summed E-state index contributed by atoms with van der Waals surface area (Å²) in [7, 11) is 0. The lowest BCUT2D eigenvalue weighted by Crippen LogP contribution is -2.41. The molecule has 0 aliphatic carbocycles. The van der Waals surface area contributed by atoms with E-state index in [0.29, 0.717) is 13.2 Å². The van der Waals surface area contributed by atoms with Crippen molar-refractivity contribution >= 4 is 11.9 Å². The molecule has 0 atom stereocenters. The number of aryl methyl sites for hydroxylation is 1. The summed E-state index contributed by atoms with van der Waals surface area (Å²) in [6, 6.07) is 8.53. The van der Waals surface area contributed by atoms with Crippen LogP contribution in [0.4, 0.5) is 0 Å². The summed E-state index contributed by atoms with van der Waals surface area (Å²) in [6.07, 6.45) is 3.72. The van der Waals surface area contributed by atoms with Gasteiger partial charge in [-0.3, -0.25) is 14.5 Å². The Labute approximate surface area is 197 Å². The molecule has 1 saturated heterocycles. The zero-order chi connectivity index (χ0) is 23.5. The molecule has 176 valence electrons. The number of fused-ring (bicyclic) bond motifs is 1. The summed E-state index contributed by atoms with van der Waals surface area (Å²) in [5, 5.41) is 0. The number of esters is 1. The predicted octanol–water partition coefficient (Wildman–Crippen LogP) is 4.71. The van der Waals surface area contributed by atoms with Crippen LogP contribution >= 0.6 is 0 Å². The number of piperidine rings is 1. The van der Waals surface area contributed by atoms with E-state index < -0.39 is 0 Å². The van der Waals surface area contributed by atoms with Crippen LogP contribution in [0.25, 0.3) is 11.1 Å². The summed E-state index contributed by atoms with van der Waals surface area (Å²) >= 11 is 0. The van der Waals surface area contributed by atoms with Crippen molar-refractivity contribution in [1.82, 2.24) is 9.80 Å². The Balaban J connectivity index is 1.67. The average molecular weight is 449 g/mol. The second-order valence-corrected chi connectivity index (χ2v) is 9.50. The first kappa shape index (κ1) is 23.5. The van der Waals surface area contributed by atoms with Crippen LogP contribution in [0, 0.1) is 20.8 Å². The van der Waals surface area contributed by atoms with Crippen LogP contribution in [-0.2, 0) is 33.8 Å². The van der Waals surface area contributed by atoms with Crippen molar-refractivity contribution in [2.45, 2.75) is 66.5 Å². The highest BCUT2D eigenvalue weighted by Gasteiger charge is 2.30. The molecule has 2 aromatic rings. The van der Waals surface area contributed by atoms with Crippen molar-refractivity contribution < 1.29 is 14.3 Å². The van der Waals surface area contributed by atoms with Crippen molar-refractivity contribution in [2.75, 3.05) is 26.2 Å². The second-order valence-electron chi connectivity index (χ2n) is 9.50. The Hall–Kier alpha value is -2.66. The fraction of sp³-hybridized carbons (Fsp3) is 0.500. The number of ether oxygens (including phenoxy) is 1. The molecule has 2 aliphatic heterocycles. The van der Waals surface area contributed by atoms with Crippen LogP contribution in [0.15, 0.2) is 24.3 Å². The zero-order valence-electron chi connectivity index (χ0n) is 20.5. The topological polar surface area (TPSA) is 49.9 Å². The van der Waals surface area contributed by atoms with Gasteiger partial charge >= 0.3 is 5.97 Å². The first-order valence-corrected chi connectivity index (χ1v) is 12.3. The highest BCUT2D eigenvalue weighted by molar-refractivity contribution is 5.83. The number of benzene rings is 2. The molecule has 4 rings (SSSR count). The van der Waals surface area contributed by atoms with Gasteiger partial charge in [-0.2, -0.15) is 0 Å². The molecule has 0 spiro atoms. The van der Waals surface area contributed by atoms with Gasteiger partial charge < -0.3 is 9.64 Å². The van der Waals surface area contributed by atoms with Crippen molar-refractivity contribution in [3.8, 4) is 11.1 Å². The fourth-order valence-corrected chi connectivity index (χ4v) is 5.37. The highest BCUT2D eigenvalue weighted by atomic mass is 16.5. The van der Waals surface area contributed by atoms with E-state index >= 15 is 0 Å². The quantitative estimate of drug-likeness (QED) is 0.601. The number of hydrogen-bond donors (Lipinski definition) is 0. The van der Waals surface area contributed by atoms with E-state index in [1.807, 2.05) is 11.8 Å². The van der Waals surface area contributed by atoms with E-state index in [4.69, 9.17) is 4.74 Å². The molecule has 5 heteroatoms. The standard InChI is InChI=1S/C28H36N2O3/c1-5-33-27(32)15-23-20(3)24-16-29(18-26(31)30-13-7-6-8-14-30)17-25(24)21(4)28(23)22-11-9-19(2)10-12-22/h9-12H,5-8,13-18H2,1-4H3. The van der Waals surface area contributed by atoms with Gasteiger partial charge in [-0.15, -0.1) is 0 Å². The normalized spacial score (nSPS) is 16.1. The van der Waals surface area contributed by atoms with Crippen LogP contribution < -0.4 is 0 Å². The molecular formula is C28H36N2O3. The van der Waals surface area contributed by atoms with E-state index in [0.717, 1.165) is 61.3 Å². The van der Waals surface area contributed by atoms with E-state index in [-0.39, 0.29) is 18.3 Å². The first-order valence-electron chi connectivity index (χ1n) is 12.3. The molecule has 2 aromatic carbocycles. The number of carbonyl (C=O) groups excluding carboxylic acids is 2. The van der Waals surface area contributed by atoms with E-state index in [1.54, 1.807) is 0 Å². The van der Waals surface area contributed by atoms with Crippen molar-refractivity contribution in [1.29, 1.82) is 0 Å². The van der Waals surface area contributed by atoms with Gasteiger partial charge in [-0.05, 0) is 85.9 Å². The third kappa shape index (κ3) is 4.98. The van der Waals surface area contributed by atoms with Gasteiger partial charge in [0, 0.05) is 26.2 Å². The van der Waals surface area contributed by atoms with Gasteiger partial charge in [0.15, 0.2) is 0 Å². The number of likely N-dealkylation sites (tertiary alicyclic amines) is 1. The molecular weight excluding hydrogens is 412 g/mol. The Morgan fingerprint density at radius 3 is 2.18 bits per heavy atom. The minimum Gasteiger partial charge on any atom is -0.466 e. The van der Waals surface area contributed by atoms with Crippen molar-refractivity contribution in [3.05, 3.63) is 57.6 Å². The van der Waals surface area contributed by atoms with Crippen LogP contribution in [0.1, 0.15) is 59.6 Å². The number of hydrogen-bond acceptors (Lipinski definition) is 4. The Kier molecular flexibility index (Phi) is 7.18. The van der Waals surface area contributed by atoms with Crippen LogP contribution in [0.2, 0.25) is 0 Å². The van der Waals surface area contributed by atoms with Gasteiger partial charge in [0.1, 0.15) is 0 Å². The van der Waals surface area contributed by atoms with Gasteiger partial charge in [0.25, 0.3) is 0 Å². The highest BCUT2D eigenvalue weighted by Crippen LogP contribution is 2.39. The second kappa shape index (κ2) is 10.1. The molecule has 5 nitrogen and oxygen atoms in total. The molecule has 0 unspecified atom stereocenters. The maximum Gasteiger partial charge on any atom is 0.310 e. The molecule has 0 bridgehead atoms. The van der Waals surface area contributed by atoms with Gasteiger partial charge in [0.05, 0.1) is 19.6 Å². The monoisotopic (exact) mass is 448 g/mol. The summed E-state index contributed by atoms with van der Waals surface area (Å²) < 4.78 is 5.31. The number of amides is 1. The first-order chi connectivity index (χ1) is 15.9. The Morgan fingerprint density at radius 1 is 0.909 bits per heavy atom. The lowest BCUT2D eigenvalue weighted by Gasteiger charge is -2.28. The molecule has 2 heterocycles.